The van der Waals surface area contributed by atoms with E-state index in [1.807, 2.05) is 0 Å². The van der Waals surface area contributed by atoms with Crippen LogP contribution in [-0.4, -0.2) is 22.4 Å². The summed E-state index contributed by atoms with van der Waals surface area (Å²) in [5.74, 6) is -1.16. The average Bonchev–Trinajstić information content (AvgIpc) is 2.18. The van der Waals surface area contributed by atoms with Crippen LogP contribution in [0.3, 0.4) is 0 Å². The van der Waals surface area contributed by atoms with Crippen molar-refractivity contribution in [2.24, 2.45) is 0 Å². The Balaban J connectivity index is 2.52. The number of para-hydroxylation sites is 1. The summed E-state index contributed by atoms with van der Waals surface area (Å²) in [7, 11) is -2.05. The van der Waals surface area contributed by atoms with Gasteiger partial charge in [-0.05, 0) is 12.1 Å². The molecule has 0 spiro atoms. The second-order valence-corrected chi connectivity index (χ2v) is 2.91. The molecule has 0 aliphatic rings. The van der Waals surface area contributed by atoms with E-state index in [-0.39, 0.29) is 5.75 Å². The molecule has 0 bridgehead atoms. The fourth-order valence-corrected chi connectivity index (χ4v) is 1.27. The fraction of sp³-hybridized carbons (Fsp3) is 0. The molecule has 76 valence electrons. The maximum atomic E-state index is 13.2. The van der Waals surface area contributed by atoms with Gasteiger partial charge in [0.05, 0.1) is 5.52 Å². The number of benzene rings is 1. The molecule has 6 heteroatoms. The standard InChI is InChI=1S/C9H7BFNO3/c11-9-8(15-10(13)14)5-6-3-1-2-4-7(6)12-9/h1-5,13-14H. The molecule has 0 radical (unpaired) electrons. The van der Waals surface area contributed by atoms with Crippen molar-refractivity contribution in [3.8, 4) is 5.75 Å². The van der Waals surface area contributed by atoms with Gasteiger partial charge in [-0.2, -0.15) is 4.39 Å². The number of hydrogen-bond donors (Lipinski definition) is 2. The molecular formula is C9H7BFNO3. The highest BCUT2D eigenvalue weighted by atomic mass is 19.1. The van der Waals surface area contributed by atoms with E-state index in [0.29, 0.717) is 10.9 Å². The minimum absolute atomic E-state index is 0.288. The Morgan fingerprint density at radius 3 is 2.73 bits per heavy atom. The van der Waals surface area contributed by atoms with E-state index in [1.165, 1.54) is 6.07 Å². The summed E-state index contributed by atoms with van der Waals surface area (Å²) in [6, 6.07) is 8.23. The molecule has 0 fully saturated rings. The molecule has 0 aliphatic carbocycles. The Hall–Kier alpha value is -1.66. The first-order valence-electron chi connectivity index (χ1n) is 4.25. The molecular weight excluding hydrogens is 200 g/mol. The van der Waals surface area contributed by atoms with Crippen LogP contribution in [0.25, 0.3) is 10.9 Å². The molecule has 0 amide bonds. The highest BCUT2D eigenvalue weighted by molar-refractivity contribution is 6.33. The van der Waals surface area contributed by atoms with E-state index in [2.05, 4.69) is 9.64 Å². The summed E-state index contributed by atoms with van der Waals surface area (Å²) in [5.41, 5.74) is 0.481. The topological polar surface area (TPSA) is 62.6 Å². The molecule has 0 aliphatic heterocycles. The molecule has 0 unspecified atom stereocenters. The van der Waals surface area contributed by atoms with Gasteiger partial charge in [0, 0.05) is 5.39 Å². The highest BCUT2D eigenvalue weighted by Gasteiger charge is 2.15. The first-order chi connectivity index (χ1) is 7.16. The second-order valence-electron chi connectivity index (χ2n) is 2.91. The Bertz CT molecular complexity index is 492. The van der Waals surface area contributed by atoms with Crippen LogP contribution < -0.4 is 4.65 Å². The molecule has 2 N–H and O–H groups in total. The maximum Gasteiger partial charge on any atom is 0.707 e. The predicted molar refractivity (Wildman–Crippen MR) is 52.5 cm³/mol. The minimum atomic E-state index is -2.05. The van der Waals surface area contributed by atoms with Crippen molar-refractivity contribution in [1.29, 1.82) is 0 Å². The molecule has 2 rings (SSSR count). The van der Waals surface area contributed by atoms with Gasteiger partial charge in [-0.3, -0.25) is 0 Å². The monoisotopic (exact) mass is 207 g/mol. The fourth-order valence-electron chi connectivity index (χ4n) is 1.27. The number of hydrogen-bond acceptors (Lipinski definition) is 4. The molecule has 1 aromatic heterocycles. The van der Waals surface area contributed by atoms with Crippen LogP contribution in [-0.2, 0) is 0 Å². The van der Waals surface area contributed by atoms with E-state index >= 15 is 0 Å². The zero-order valence-corrected chi connectivity index (χ0v) is 7.59. The van der Waals surface area contributed by atoms with Crippen LogP contribution in [0.4, 0.5) is 4.39 Å². The Kier molecular flexibility index (Phi) is 2.53. The van der Waals surface area contributed by atoms with Gasteiger partial charge in [-0.25, -0.2) is 4.98 Å². The van der Waals surface area contributed by atoms with Crippen molar-refractivity contribution in [2.75, 3.05) is 0 Å². The SMILES string of the molecule is OB(O)Oc1cc2ccccc2nc1F. The van der Waals surface area contributed by atoms with Gasteiger partial charge in [0.15, 0.2) is 5.75 Å². The van der Waals surface area contributed by atoms with Crippen molar-refractivity contribution in [3.63, 3.8) is 0 Å². The first-order valence-corrected chi connectivity index (χ1v) is 4.25. The number of pyridine rings is 1. The zero-order chi connectivity index (χ0) is 10.8. The maximum absolute atomic E-state index is 13.2. The Morgan fingerprint density at radius 2 is 2.00 bits per heavy atom. The zero-order valence-electron chi connectivity index (χ0n) is 7.59. The molecule has 2 aromatic rings. The molecule has 0 saturated heterocycles. The number of rotatable bonds is 2. The minimum Gasteiger partial charge on any atom is -0.508 e. The summed E-state index contributed by atoms with van der Waals surface area (Å²) < 4.78 is 17.6. The third kappa shape index (κ3) is 2.06. The third-order valence-electron chi connectivity index (χ3n) is 1.88. The summed E-state index contributed by atoms with van der Waals surface area (Å²) >= 11 is 0. The lowest BCUT2D eigenvalue weighted by atomic mass is 10.2. The van der Waals surface area contributed by atoms with Gasteiger partial charge in [0.25, 0.3) is 5.95 Å². The molecule has 4 nitrogen and oxygen atoms in total. The summed E-state index contributed by atoms with van der Waals surface area (Å²) in [6.07, 6.45) is 0. The van der Waals surface area contributed by atoms with E-state index < -0.39 is 13.3 Å². The van der Waals surface area contributed by atoms with Gasteiger partial charge in [-0.15, -0.1) is 0 Å². The van der Waals surface area contributed by atoms with E-state index in [4.69, 9.17) is 10.0 Å². The van der Waals surface area contributed by atoms with Crippen LogP contribution in [0.1, 0.15) is 0 Å². The van der Waals surface area contributed by atoms with E-state index in [9.17, 15) is 4.39 Å². The van der Waals surface area contributed by atoms with Crippen molar-refractivity contribution >= 4 is 18.2 Å². The lowest BCUT2D eigenvalue weighted by molar-refractivity contribution is 0.280. The summed E-state index contributed by atoms with van der Waals surface area (Å²) in [4.78, 5) is 3.61. The average molecular weight is 207 g/mol. The lowest BCUT2D eigenvalue weighted by Gasteiger charge is -2.06. The van der Waals surface area contributed by atoms with Crippen molar-refractivity contribution in [1.82, 2.24) is 4.98 Å². The van der Waals surface area contributed by atoms with E-state index in [1.54, 1.807) is 24.3 Å². The molecule has 1 heterocycles. The van der Waals surface area contributed by atoms with E-state index in [0.717, 1.165) is 0 Å². The summed E-state index contributed by atoms with van der Waals surface area (Å²) in [6.45, 7) is 0. The van der Waals surface area contributed by atoms with Crippen molar-refractivity contribution < 1.29 is 19.1 Å². The predicted octanol–water partition coefficient (Wildman–Crippen LogP) is 0.722. The van der Waals surface area contributed by atoms with Gasteiger partial charge in [-0.1, -0.05) is 18.2 Å². The van der Waals surface area contributed by atoms with Crippen LogP contribution in [0.5, 0.6) is 5.75 Å². The lowest BCUT2D eigenvalue weighted by Crippen LogP contribution is -2.21. The van der Waals surface area contributed by atoms with Crippen LogP contribution in [0.2, 0.25) is 0 Å². The largest absolute Gasteiger partial charge is 0.707 e. The van der Waals surface area contributed by atoms with Gasteiger partial charge in [0.2, 0.25) is 0 Å². The molecule has 0 saturated carbocycles. The van der Waals surface area contributed by atoms with Crippen molar-refractivity contribution in [2.45, 2.75) is 0 Å². The highest BCUT2D eigenvalue weighted by Crippen LogP contribution is 2.21. The Labute approximate surface area is 85.1 Å². The van der Waals surface area contributed by atoms with Gasteiger partial charge >= 0.3 is 7.32 Å². The van der Waals surface area contributed by atoms with Crippen LogP contribution in [0, 0.1) is 5.95 Å². The quantitative estimate of drug-likeness (QED) is 0.562. The Morgan fingerprint density at radius 1 is 1.27 bits per heavy atom. The van der Waals surface area contributed by atoms with Crippen LogP contribution >= 0.6 is 0 Å². The summed E-state index contributed by atoms with van der Waals surface area (Å²) in [5, 5.41) is 17.7. The van der Waals surface area contributed by atoms with Gasteiger partial charge in [0.1, 0.15) is 0 Å². The number of nitrogens with zero attached hydrogens (tertiary/aromatic N) is 1. The third-order valence-corrected chi connectivity index (χ3v) is 1.88. The number of fused-ring (bicyclic) bond motifs is 1. The first kappa shape index (κ1) is 9.88. The number of halogens is 1. The molecule has 15 heavy (non-hydrogen) atoms. The smallest absolute Gasteiger partial charge is 0.508 e. The normalized spacial score (nSPS) is 10.3. The van der Waals surface area contributed by atoms with Crippen LogP contribution in [0.15, 0.2) is 30.3 Å². The molecule has 0 atom stereocenters. The van der Waals surface area contributed by atoms with Gasteiger partial charge < -0.3 is 14.7 Å². The second kappa shape index (κ2) is 3.84. The molecule has 1 aromatic carbocycles. The number of aromatic nitrogens is 1. The van der Waals surface area contributed by atoms with Crippen molar-refractivity contribution in [3.05, 3.63) is 36.3 Å².